The maximum atomic E-state index is 13.8. The number of hydrogen-bond donors (Lipinski definition) is 2. The van der Waals surface area contributed by atoms with Crippen LogP contribution in [0.3, 0.4) is 0 Å². The van der Waals surface area contributed by atoms with E-state index in [9.17, 15) is 21.2 Å². The molecule has 3 aromatic rings. The minimum atomic E-state index is -4.20. The second kappa shape index (κ2) is 8.38. The van der Waals surface area contributed by atoms with Crippen LogP contribution < -0.4 is 9.44 Å². The summed E-state index contributed by atoms with van der Waals surface area (Å²) in [5, 5.41) is -0.321. The summed E-state index contributed by atoms with van der Waals surface area (Å²) in [4.78, 5) is 3.12. The molecule has 7 nitrogen and oxygen atoms in total. The molecule has 3 rings (SSSR count). The van der Waals surface area contributed by atoms with Crippen molar-refractivity contribution >= 4 is 54.6 Å². The van der Waals surface area contributed by atoms with Crippen molar-refractivity contribution in [2.45, 2.75) is 16.7 Å². The van der Waals surface area contributed by atoms with Crippen LogP contribution in [0.25, 0.3) is 0 Å². The van der Waals surface area contributed by atoms with Gasteiger partial charge in [0.25, 0.3) is 20.0 Å². The monoisotopic (exact) mass is 489 g/mol. The van der Waals surface area contributed by atoms with Gasteiger partial charge in [-0.1, -0.05) is 41.4 Å². The molecule has 0 aliphatic rings. The van der Waals surface area contributed by atoms with Crippen LogP contribution >= 0.6 is 23.2 Å². The lowest BCUT2D eigenvalue weighted by Crippen LogP contribution is -2.17. The van der Waals surface area contributed by atoms with Crippen LogP contribution in [-0.2, 0) is 20.0 Å². The molecule has 1 aromatic heterocycles. The molecule has 0 spiro atoms. The first-order valence-electron chi connectivity index (χ1n) is 8.22. The Morgan fingerprint density at radius 2 is 1.53 bits per heavy atom. The van der Waals surface area contributed by atoms with Gasteiger partial charge in [0.2, 0.25) is 0 Å². The molecule has 0 unspecified atom stereocenters. The highest BCUT2D eigenvalue weighted by Gasteiger charge is 2.23. The van der Waals surface area contributed by atoms with Crippen molar-refractivity contribution in [2.75, 3.05) is 9.44 Å². The Balaban J connectivity index is 1.96. The molecule has 0 atom stereocenters. The van der Waals surface area contributed by atoms with E-state index in [1.807, 2.05) is 0 Å². The van der Waals surface area contributed by atoms with E-state index in [1.165, 1.54) is 49.4 Å². The van der Waals surface area contributed by atoms with Gasteiger partial charge in [0.1, 0.15) is 15.9 Å². The summed E-state index contributed by atoms with van der Waals surface area (Å²) in [6.45, 7) is 1.52. The molecule has 0 bridgehead atoms. The minimum absolute atomic E-state index is 0.0156. The van der Waals surface area contributed by atoms with Crippen LogP contribution in [0.5, 0.6) is 0 Å². The molecule has 2 N–H and O–H groups in total. The SMILES string of the molecule is Cc1ccc(NS(=O)(=O)c2ccc(Cl)nc2Cl)cc1S(=O)(=O)Nc1ccccc1F. The van der Waals surface area contributed by atoms with Gasteiger partial charge >= 0.3 is 0 Å². The van der Waals surface area contributed by atoms with Gasteiger partial charge in [-0.3, -0.25) is 9.44 Å². The van der Waals surface area contributed by atoms with E-state index in [0.717, 1.165) is 12.1 Å². The fourth-order valence-electron chi connectivity index (χ4n) is 2.51. The van der Waals surface area contributed by atoms with Crippen molar-refractivity contribution in [2.24, 2.45) is 0 Å². The van der Waals surface area contributed by atoms with Gasteiger partial charge in [-0.2, -0.15) is 0 Å². The number of para-hydroxylation sites is 1. The first kappa shape index (κ1) is 22.3. The molecule has 158 valence electrons. The fraction of sp³-hybridized carbons (Fsp3) is 0.0556. The second-order valence-corrected chi connectivity index (χ2v) is 10.1. The average molecular weight is 490 g/mol. The highest BCUT2D eigenvalue weighted by atomic mass is 35.5. The number of nitrogens with zero attached hydrogens (tertiary/aromatic N) is 1. The van der Waals surface area contributed by atoms with Gasteiger partial charge in [-0.25, -0.2) is 26.2 Å². The number of anilines is 2. The van der Waals surface area contributed by atoms with E-state index in [1.54, 1.807) is 0 Å². The summed E-state index contributed by atoms with van der Waals surface area (Å²) in [6, 6.07) is 11.6. The smallest absolute Gasteiger partial charge is 0.264 e. The molecule has 0 fully saturated rings. The van der Waals surface area contributed by atoms with Crippen molar-refractivity contribution in [1.82, 2.24) is 4.98 Å². The van der Waals surface area contributed by atoms with E-state index in [-0.39, 0.29) is 31.5 Å². The number of benzene rings is 2. The van der Waals surface area contributed by atoms with Gasteiger partial charge < -0.3 is 0 Å². The number of aromatic nitrogens is 1. The molecule has 0 saturated carbocycles. The number of nitrogens with one attached hydrogen (secondary N) is 2. The van der Waals surface area contributed by atoms with E-state index in [4.69, 9.17) is 23.2 Å². The van der Waals surface area contributed by atoms with Crippen LogP contribution in [0.4, 0.5) is 15.8 Å². The number of hydrogen-bond acceptors (Lipinski definition) is 5. The summed E-state index contributed by atoms with van der Waals surface area (Å²) in [6.07, 6.45) is 0. The lowest BCUT2D eigenvalue weighted by molar-refractivity contribution is 0.596. The molecule has 0 saturated heterocycles. The van der Waals surface area contributed by atoms with Gasteiger partial charge in [0.15, 0.2) is 5.15 Å². The number of aryl methyl sites for hydroxylation is 1. The van der Waals surface area contributed by atoms with E-state index in [0.29, 0.717) is 5.56 Å². The van der Waals surface area contributed by atoms with E-state index < -0.39 is 25.9 Å². The number of sulfonamides is 2. The third-order valence-corrected chi connectivity index (χ3v) is 7.45. The van der Waals surface area contributed by atoms with Crippen molar-refractivity contribution in [3.8, 4) is 0 Å². The maximum Gasteiger partial charge on any atom is 0.264 e. The Bertz CT molecular complexity index is 1330. The summed E-state index contributed by atoms with van der Waals surface area (Å²) < 4.78 is 69.0. The highest BCUT2D eigenvalue weighted by molar-refractivity contribution is 7.93. The normalized spacial score (nSPS) is 11.9. The molecule has 0 aliphatic carbocycles. The Morgan fingerprint density at radius 3 is 2.20 bits per heavy atom. The predicted molar refractivity (Wildman–Crippen MR) is 113 cm³/mol. The summed E-state index contributed by atoms with van der Waals surface area (Å²) in [7, 11) is -8.38. The Labute approximate surface area is 183 Å². The lowest BCUT2D eigenvalue weighted by Gasteiger charge is -2.14. The quantitative estimate of drug-likeness (QED) is 0.498. The van der Waals surface area contributed by atoms with Gasteiger partial charge in [0.05, 0.1) is 16.3 Å². The van der Waals surface area contributed by atoms with Crippen molar-refractivity contribution in [3.05, 3.63) is 76.3 Å². The standard InChI is InChI=1S/C18H14Cl2FN3O4S2/c1-11-6-7-12(23-29(25,26)15-8-9-17(19)22-18(15)20)10-16(11)30(27,28)24-14-5-3-2-4-13(14)21/h2-10,23-24H,1H3. The van der Waals surface area contributed by atoms with Gasteiger partial charge in [-0.05, 0) is 48.9 Å². The zero-order valence-corrected chi connectivity index (χ0v) is 18.4. The third-order valence-electron chi connectivity index (χ3n) is 3.92. The van der Waals surface area contributed by atoms with E-state index in [2.05, 4.69) is 14.4 Å². The van der Waals surface area contributed by atoms with Crippen molar-refractivity contribution < 1.29 is 21.2 Å². The van der Waals surface area contributed by atoms with Crippen LogP contribution in [0.15, 0.2) is 64.4 Å². The molecular formula is C18H14Cl2FN3O4S2. The third kappa shape index (κ3) is 4.84. The van der Waals surface area contributed by atoms with Crippen LogP contribution in [0.1, 0.15) is 5.56 Å². The molecule has 2 aromatic carbocycles. The first-order chi connectivity index (χ1) is 14.0. The Morgan fingerprint density at radius 1 is 0.867 bits per heavy atom. The Hall–Kier alpha value is -2.40. The summed E-state index contributed by atoms with van der Waals surface area (Å²) in [5.41, 5.74) is 0.0513. The summed E-state index contributed by atoms with van der Waals surface area (Å²) >= 11 is 11.5. The topological polar surface area (TPSA) is 105 Å². The fourth-order valence-corrected chi connectivity index (χ4v) is 5.56. The van der Waals surface area contributed by atoms with Crippen LogP contribution in [-0.4, -0.2) is 21.8 Å². The van der Waals surface area contributed by atoms with Crippen LogP contribution in [0.2, 0.25) is 10.3 Å². The number of halogens is 3. The zero-order valence-electron chi connectivity index (χ0n) is 15.2. The molecule has 1 heterocycles. The predicted octanol–water partition coefficient (Wildman–Crippen LogP) is 4.44. The van der Waals surface area contributed by atoms with Gasteiger partial charge in [-0.15, -0.1) is 0 Å². The average Bonchev–Trinajstić information content (AvgIpc) is 2.64. The number of pyridine rings is 1. The first-order valence-corrected chi connectivity index (χ1v) is 11.9. The van der Waals surface area contributed by atoms with Crippen molar-refractivity contribution in [3.63, 3.8) is 0 Å². The molecule has 30 heavy (non-hydrogen) atoms. The maximum absolute atomic E-state index is 13.8. The lowest BCUT2D eigenvalue weighted by atomic mass is 10.2. The molecular weight excluding hydrogens is 476 g/mol. The molecule has 0 radical (unpaired) electrons. The van der Waals surface area contributed by atoms with E-state index >= 15 is 0 Å². The largest absolute Gasteiger partial charge is 0.279 e. The summed E-state index contributed by atoms with van der Waals surface area (Å²) in [5.74, 6) is -0.750. The Kier molecular flexibility index (Phi) is 6.23. The second-order valence-electron chi connectivity index (χ2n) is 6.09. The molecule has 12 heteroatoms. The van der Waals surface area contributed by atoms with Crippen molar-refractivity contribution in [1.29, 1.82) is 0 Å². The molecule has 0 amide bonds. The highest BCUT2D eigenvalue weighted by Crippen LogP contribution is 2.27. The number of rotatable bonds is 6. The van der Waals surface area contributed by atoms with Crippen LogP contribution in [0, 0.1) is 12.7 Å². The minimum Gasteiger partial charge on any atom is -0.279 e. The molecule has 0 aliphatic heterocycles. The van der Waals surface area contributed by atoms with Gasteiger partial charge in [0, 0.05) is 0 Å². The zero-order chi connectivity index (χ0) is 22.1.